The second kappa shape index (κ2) is 7.55. The molecule has 3 nitrogen and oxygen atoms in total. The molecule has 1 saturated heterocycles. The van der Waals surface area contributed by atoms with E-state index in [2.05, 4.69) is 17.1 Å². The maximum Gasteiger partial charge on any atom is 0.176 e. The summed E-state index contributed by atoms with van der Waals surface area (Å²) in [5, 5.41) is 3.39. The van der Waals surface area contributed by atoms with Gasteiger partial charge in [-0.2, -0.15) is 0 Å². The van der Waals surface area contributed by atoms with Gasteiger partial charge in [0.1, 0.15) is 0 Å². The summed E-state index contributed by atoms with van der Waals surface area (Å²) in [5.74, 6) is 0.251. The van der Waals surface area contributed by atoms with E-state index < -0.39 is 0 Å². The van der Waals surface area contributed by atoms with Crippen LogP contribution >= 0.6 is 0 Å². The highest BCUT2D eigenvalue weighted by atomic mass is 16.1. The first kappa shape index (κ1) is 15.2. The first-order valence-corrected chi connectivity index (χ1v) is 7.75. The lowest BCUT2D eigenvalue weighted by Gasteiger charge is -2.34. The number of hydrogen-bond donors (Lipinski definition) is 1. The Hall–Kier alpha value is -1.19. The molecule has 0 amide bonds. The minimum atomic E-state index is 0.251. The quantitative estimate of drug-likeness (QED) is 0.809. The van der Waals surface area contributed by atoms with E-state index in [9.17, 15) is 4.79 Å². The van der Waals surface area contributed by atoms with Crippen LogP contribution < -0.4 is 5.32 Å². The van der Waals surface area contributed by atoms with Crippen molar-refractivity contribution in [1.29, 1.82) is 0 Å². The molecule has 1 fully saturated rings. The lowest BCUT2D eigenvalue weighted by molar-refractivity contribution is 0.0865. The van der Waals surface area contributed by atoms with Crippen molar-refractivity contribution < 1.29 is 4.79 Å². The number of benzene rings is 1. The summed E-state index contributed by atoms with van der Waals surface area (Å²) >= 11 is 0. The largest absolute Gasteiger partial charge is 0.317 e. The van der Waals surface area contributed by atoms with Crippen LogP contribution in [0.5, 0.6) is 0 Å². The normalized spacial score (nSPS) is 16.6. The van der Waals surface area contributed by atoms with E-state index in [1.54, 1.807) is 0 Å². The summed E-state index contributed by atoms with van der Waals surface area (Å²) in [7, 11) is 0. The van der Waals surface area contributed by atoms with Crippen LogP contribution in [0, 0.1) is 6.92 Å². The van der Waals surface area contributed by atoms with Crippen LogP contribution in [0.1, 0.15) is 42.1 Å². The van der Waals surface area contributed by atoms with Crippen LogP contribution in [0.25, 0.3) is 0 Å². The fourth-order valence-electron chi connectivity index (χ4n) is 2.94. The molecule has 1 N–H and O–H groups in total. The predicted molar refractivity (Wildman–Crippen MR) is 83.3 cm³/mol. The molecule has 2 rings (SSSR count). The highest BCUT2D eigenvalue weighted by Gasteiger charge is 2.22. The van der Waals surface area contributed by atoms with E-state index in [0.29, 0.717) is 12.6 Å². The summed E-state index contributed by atoms with van der Waals surface area (Å²) in [4.78, 5) is 14.8. The van der Waals surface area contributed by atoms with E-state index in [1.165, 1.54) is 0 Å². The zero-order valence-corrected chi connectivity index (χ0v) is 12.7. The molecule has 0 radical (unpaired) electrons. The van der Waals surface area contributed by atoms with E-state index in [1.807, 2.05) is 31.2 Å². The molecule has 0 aliphatic carbocycles. The van der Waals surface area contributed by atoms with Gasteiger partial charge in [-0.15, -0.1) is 0 Å². The molecule has 0 atom stereocenters. The third-order valence-electron chi connectivity index (χ3n) is 4.02. The molecular formula is C17H26N2O. The Morgan fingerprint density at radius 1 is 1.35 bits per heavy atom. The number of carbonyl (C=O) groups excluding carboxylic acids is 1. The van der Waals surface area contributed by atoms with Crippen LogP contribution in [0.4, 0.5) is 0 Å². The van der Waals surface area contributed by atoms with Crippen molar-refractivity contribution in [2.75, 3.05) is 26.2 Å². The second-order valence-electron chi connectivity index (χ2n) is 5.74. The molecule has 1 aliphatic rings. The van der Waals surface area contributed by atoms with Crippen LogP contribution in [0.2, 0.25) is 0 Å². The topological polar surface area (TPSA) is 32.3 Å². The smallest absolute Gasteiger partial charge is 0.176 e. The Kier molecular flexibility index (Phi) is 5.74. The molecule has 0 aromatic heterocycles. The third-order valence-corrected chi connectivity index (χ3v) is 4.02. The van der Waals surface area contributed by atoms with Gasteiger partial charge in [0.25, 0.3) is 0 Å². The van der Waals surface area contributed by atoms with Gasteiger partial charge in [-0.05, 0) is 51.9 Å². The van der Waals surface area contributed by atoms with Gasteiger partial charge in [-0.1, -0.05) is 30.7 Å². The minimum Gasteiger partial charge on any atom is -0.317 e. The summed E-state index contributed by atoms with van der Waals surface area (Å²) < 4.78 is 0. The van der Waals surface area contributed by atoms with Crippen LogP contribution in [-0.2, 0) is 0 Å². The molecule has 110 valence electrons. The fourth-order valence-corrected chi connectivity index (χ4v) is 2.94. The number of aryl methyl sites for hydroxylation is 1. The first-order chi connectivity index (χ1) is 9.70. The Labute approximate surface area is 122 Å². The average molecular weight is 274 g/mol. The molecule has 20 heavy (non-hydrogen) atoms. The molecule has 0 unspecified atom stereocenters. The Bertz CT molecular complexity index is 438. The van der Waals surface area contributed by atoms with E-state index in [4.69, 9.17) is 0 Å². The maximum atomic E-state index is 12.5. The van der Waals surface area contributed by atoms with Crippen molar-refractivity contribution in [2.24, 2.45) is 0 Å². The summed E-state index contributed by atoms with van der Waals surface area (Å²) in [5.41, 5.74) is 2.00. The molecule has 1 aromatic carbocycles. The highest BCUT2D eigenvalue weighted by Crippen LogP contribution is 2.14. The minimum absolute atomic E-state index is 0.251. The van der Waals surface area contributed by atoms with Gasteiger partial charge in [-0.3, -0.25) is 9.69 Å². The zero-order valence-electron chi connectivity index (χ0n) is 12.7. The third kappa shape index (κ3) is 4.15. The number of carbonyl (C=O) groups is 1. The van der Waals surface area contributed by atoms with Crippen molar-refractivity contribution >= 4 is 5.78 Å². The molecular weight excluding hydrogens is 248 g/mol. The lowest BCUT2D eigenvalue weighted by atomic mass is 10.0. The summed E-state index contributed by atoms with van der Waals surface area (Å²) in [6.45, 7) is 7.94. The van der Waals surface area contributed by atoms with Crippen LogP contribution in [0.3, 0.4) is 0 Å². The highest BCUT2D eigenvalue weighted by molar-refractivity contribution is 5.97. The molecule has 1 heterocycles. The first-order valence-electron chi connectivity index (χ1n) is 7.75. The molecule has 3 heteroatoms. The number of Topliss-reactive ketones (excluding diaryl/α,β-unsaturated/α-hetero) is 1. The van der Waals surface area contributed by atoms with Crippen LogP contribution in [0.15, 0.2) is 24.3 Å². The van der Waals surface area contributed by atoms with E-state index in [0.717, 1.165) is 50.0 Å². The van der Waals surface area contributed by atoms with Gasteiger partial charge in [0.15, 0.2) is 5.78 Å². The average Bonchev–Trinajstić information content (AvgIpc) is 2.47. The Balaban J connectivity index is 2.01. The van der Waals surface area contributed by atoms with Gasteiger partial charge in [0.2, 0.25) is 0 Å². The monoisotopic (exact) mass is 274 g/mol. The van der Waals surface area contributed by atoms with Gasteiger partial charge >= 0.3 is 0 Å². The van der Waals surface area contributed by atoms with Crippen molar-refractivity contribution in [3.8, 4) is 0 Å². The molecule has 0 spiro atoms. The fraction of sp³-hybridized carbons (Fsp3) is 0.588. The SMILES string of the molecule is CCCN(CC(=O)c1cccc(C)c1)C1CCNCC1. The molecule has 1 aliphatic heterocycles. The molecule has 0 bridgehead atoms. The number of nitrogens with one attached hydrogen (secondary N) is 1. The number of piperidine rings is 1. The van der Waals surface area contributed by atoms with Crippen molar-refractivity contribution in [3.05, 3.63) is 35.4 Å². The number of rotatable bonds is 6. The number of ketones is 1. The van der Waals surface area contributed by atoms with Crippen molar-refractivity contribution in [2.45, 2.75) is 39.2 Å². The summed E-state index contributed by atoms with van der Waals surface area (Å²) in [6, 6.07) is 8.49. The van der Waals surface area contributed by atoms with Crippen molar-refractivity contribution in [3.63, 3.8) is 0 Å². The van der Waals surface area contributed by atoms with Gasteiger partial charge in [0, 0.05) is 11.6 Å². The Morgan fingerprint density at radius 2 is 2.10 bits per heavy atom. The lowest BCUT2D eigenvalue weighted by Crippen LogP contribution is -2.45. The summed E-state index contributed by atoms with van der Waals surface area (Å²) in [6.07, 6.45) is 3.41. The zero-order chi connectivity index (χ0) is 14.4. The Morgan fingerprint density at radius 3 is 2.75 bits per heavy atom. The van der Waals surface area contributed by atoms with E-state index >= 15 is 0 Å². The predicted octanol–water partition coefficient (Wildman–Crippen LogP) is 2.64. The maximum absolute atomic E-state index is 12.5. The van der Waals surface area contributed by atoms with Crippen LogP contribution in [-0.4, -0.2) is 42.9 Å². The van der Waals surface area contributed by atoms with Gasteiger partial charge < -0.3 is 5.32 Å². The van der Waals surface area contributed by atoms with Gasteiger partial charge in [-0.25, -0.2) is 0 Å². The number of nitrogens with zero attached hydrogens (tertiary/aromatic N) is 1. The molecule has 1 aromatic rings. The molecule has 0 saturated carbocycles. The second-order valence-corrected chi connectivity index (χ2v) is 5.74. The van der Waals surface area contributed by atoms with Crippen molar-refractivity contribution in [1.82, 2.24) is 10.2 Å². The van der Waals surface area contributed by atoms with Gasteiger partial charge in [0.05, 0.1) is 6.54 Å². The van der Waals surface area contributed by atoms with E-state index in [-0.39, 0.29) is 5.78 Å². The number of hydrogen-bond acceptors (Lipinski definition) is 3. The standard InChI is InChI=1S/C17H26N2O/c1-3-11-19(16-7-9-18-10-8-16)13-17(20)15-6-4-5-14(2)12-15/h4-6,12,16,18H,3,7-11,13H2,1-2H3.